The van der Waals surface area contributed by atoms with E-state index in [9.17, 15) is 10.1 Å². The zero-order valence-electron chi connectivity index (χ0n) is 13.3. The Morgan fingerprint density at radius 2 is 1.87 bits per heavy atom. The van der Waals surface area contributed by atoms with E-state index in [0.29, 0.717) is 0 Å². The van der Waals surface area contributed by atoms with Crippen molar-refractivity contribution in [2.45, 2.75) is 26.3 Å². The maximum atomic E-state index is 10.7. The first-order valence-electron chi connectivity index (χ1n) is 8.04. The number of rotatable bonds is 4. The third-order valence-corrected chi connectivity index (χ3v) is 4.49. The Hall–Kier alpha value is -2.27. The normalized spacial score (nSPS) is 16.4. The van der Waals surface area contributed by atoms with Crippen molar-refractivity contribution in [3.8, 4) is 11.1 Å². The highest BCUT2D eigenvalue weighted by atomic mass is 16.6. The fourth-order valence-corrected chi connectivity index (χ4v) is 2.97. The second kappa shape index (κ2) is 6.87. The topological polar surface area (TPSA) is 59.3 Å². The van der Waals surface area contributed by atoms with Crippen LogP contribution < -0.4 is 0 Å². The van der Waals surface area contributed by atoms with Crippen LogP contribution in [-0.4, -0.2) is 27.9 Å². The van der Waals surface area contributed by atoms with Crippen LogP contribution in [0.3, 0.4) is 0 Å². The van der Waals surface area contributed by atoms with Gasteiger partial charge >= 0.3 is 0 Å². The molecule has 0 bridgehead atoms. The number of hydrogen-bond donors (Lipinski definition) is 0. The summed E-state index contributed by atoms with van der Waals surface area (Å²) in [6, 6.07) is 10.7. The Bertz CT molecular complexity index is 677. The van der Waals surface area contributed by atoms with Gasteiger partial charge < -0.3 is 0 Å². The number of pyridine rings is 1. The van der Waals surface area contributed by atoms with Crippen LogP contribution in [0, 0.1) is 16.0 Å². The van der Waals surface area contributed by atoms with Gasteiger partial charge in [-0.3, -0.25) is 20.0 Å². The van der Waals surface area contributed by atoms with Gasteiger partial charge in [-0.25, -0.2) is 0 Å². The Labute approximate surface area is 136 Å². The lowest BCUT2D eigenvalue weighted by molar-refractivity contribution is -0.384. The molecule has 0 aliphatic carbocycles. The van der Waals surface area contributed by atoms with Gasteiger partial charge in [-0.15, -0.1) is 0 Å². The van der Waals surface area contributed by atoms with Crippen LogP contribution in [0.1, 0.15) is 25.5 Å². The molecule has 5 nitrogen and oxygen atoms in total. The predicted octanol–water partition coefficient (Wildman–Crippen LogP) is 3.89. The first kappa shape index (κ1) is 15.6. The standard InChI is InChI=1S/C18H21N3O2/c1-14-7-10-20(11-8-14)13-17-12-16(6-9-19-17)15-2-4-18(5-3-15)21(22)23/h2-6,9,12,14H,7-8,10-11,13H2,1H3. The smallest absolute Gasteiger partial charge is 0.269 e. The third kappa shape index (κ3) is 3.93. The van der Waals surface area contributed by atoms with Gasteiger partial charge in [-0.2, -0.15) is 0 Å². The quantitative estimate of drug-likeness (QED) is 0.635. The van der Waals surface area contributed by atoms with Crippen molar-refractivity contribution < 1.29 is 4.92 Å². The fourth-order valence-electron chi connectivity index (χ4n) is 2.97. The lowest BCUT2D eigenvalue weighted by Gasteiger charge is -2.29. The summed E-state index contributed by atoms with van der Waals surface area (Å²) in [6.45, 7) is 5.44. The van der Waals surface area contributed by atoms with Gasteiger partial charge in [0.05, 0.1) is 10.6 Å². The van der Waals surface area contributed by atoms with E-state index < -0.39 is 0 Å². The van der Waals surface area contributed by atoms with E-state index in [1.54, 1.807) is 24.3 Å². The molecule has 1 aromatic carbocycles. The Morgan fingerprint density at radius 1 is 1.17 bits per heavy atom. The molecule has 2 aromatic rings. The van der Waals surface area contributed by atoms with Gasteiger partial charge in [-0.1, -0.05) is 6.92 Å². The summed E-state index contributed by atoms with van der Waals surface area (Å²) in [4.78, 5) is 17.3. The molecule has 5 heteroatoms. The summed E-state index contributed by atoms with van der Waals surface area (Å²) in [5, 5.41) is 10.7. The van der Waals surface area contributed by atoms with Crippen LogP contribution in [0.15, 0.2) is 42.6 Å². The van der Waals surface area contributed by atoms with Gasteiger partial charge in [0.25, 0.3) is 5.69 Å². The van der Waals surface area contributed by atoms with Crippen LogP contribution in [0.5, 0.6) is 0 Å². The maximum Gasteiger partial charge on any atom is 0.269 e. The molecule has 0 N–H and O–H groups in total. The van der Waals surface area contributed by atoms with E-state index in [0.717, 1.165) is 42.4 Å². The van der Waals surface area contributed by atoms with Crippen molar-refractivity contribution in [1.82, 2.24) is 9.88 Å². The lowest BCUT2D eigenvalue weighted by atomic mass is 9.99. The molecule has 2 heterocycles. The Balaban J connectivity index is 1.73. The van der Waals surface area contributed by atoms with E-state index in [-0.39, 0.29) is 10.6 Å². The molecule has 120 valence electrons. The molecule has 3 rings (SSSR count). The Kier molecular flexibility index (Phi) is 4.67. The molecule has 23 heavy (non-hydrogen) atoms. The lowest BCUT2D eigenvalue weighted by Crippen LogP contribution is -2.32. The minimum Gasteiger partial charge on any atom is -0.297 e. The number of nitrogens with zero attached hydrogens (tertiary/aromatic N) is 3. The third-order valence-electron chi connectivity index (χ3n) is 4.49. The SMILES string of the molecule is CC1CCN(Cc2cc(-c3ccc([N+](=O)[O-])cc3)ccn2)CC1. The van der Waals surface area contributed by atoms with Crippen molar-refractivity contribution in [3.63, 3.8) is 0 Å². The molecule has 0 amide bonds. The fraction of sp³-hybridized carbons (Fsp3) is 0.389. The molecule has 1 saturated heterocycles. The molecule has 1 aliphatic rings. The molecular formula is C18H21N3O2. The molecule has 0 unspecified atom stereocenters. The maximum absolute atomic E-state index is 10.7. The highest BCUT2D eigenvalue weighted by molar-refractivity contribution is 5.64. The number of piperidine rings is 1. The highest BCUT2D eigenvalue weighted by Gasteiger charge is 2.16. The van der Waals surface area contributed by atoms with Crippen molar-refractivity contribution in [2.24, 2.45) is 5.92 Å². The number of non-ortho nitro benzene ring substituents is 1. The minimum atomic E-state index is -0.376. The number of benzene rings is 1. The van der Waals surface area contributed by atoms with Gasteiger partial charge in [0.1, 0.15) is 0 Å². The number of nitro benzene ring substituents is 1. The van der Waals surface area contributed by atoms with Crippen molar-refractivity contribution in [2.75, 3.05) is 13.1 Å². The molecule has 1 fully saturated rings. The summed E-state index contributed by atoms with van der Waals surface area (Å²) < 4.78 is 0. The Morgan fingerprint density at radius 3 is 2.52 bits per heavy atom. The van der Waals surface area contributed by atoms with E-state index in [4.69, 9.17) is 0 Å². The van der Waals surface area contributed by atoms with Gasteiger partial charge in [0, 0.05) is 24.9 Å². The highest BCUT2D eigenvalue weighted by Crippen LogP contribution is 2.24. The molecule has 0 radical (unpaired) electrons. The first-order valence-corrected chi connectivity index (χ1v) is 8.04. The van der Waals surface area contributed by atoms with Gasteiger partial charge in [0.15, 0.2) is 0 Å². The zero-order valence-corrected chi connectivity index (χ0v) is 13.3. The van der Waals surface area contributed by atoms with E-state index in [1.807, 2.05) is 12.3 Å². The van der Waals surface area contributed by atoms with Gasteiger partial charge in [0.2, 0.25) is 0 Å². The van der Waals surface area contributed by atoms with Crippen LogP contribution in [0.25, 0.3) is 11.1 Å². The summed E-state index contributed by atoms with van der Waals surface area (Å²) in [5.41, 5.74) is 3.20. The largest absolute Gasteiger partial charge is 0.297 e. The average Bonchev–Trinajstić information content (AvgIpc) is 2.57. The van der Waals surface area contributed by atoms with E-state index in [1.165, 1.54) is 12.8 Å². The van der Waals surface area contributed by atoms with Crippen LogP contribution in [0.4, 0.5) is 5.69 Å². The van der Waals surface area contributed by atoms with Crippen LogP contribution >= 0.6 is 0 Å². The predicted molar refractivity (Wildman–Crippen MR) is 90.0 cm³/mol. The summed E-state index contributed by atoms with van der Waals surface area (Å²) in [7, 11) is 0. The molecule has 1 aromatic heterocycles. The second-order valence-corrected chi connectivity index (χ2v) is 6.30. The molecule has 0 atom stereocenters. The number of likely N-dealkylation sites (tertiary alicyclic amines) is 1. The molecule has 0 saturated carbocycles. The zero-order chi connectivity index (χ0) is 16.2. The number of hydrogen-bond acceptors (Lipinski definition) is 4. The van der Waals surface area contributed by atoms with Crippen molar-refractivity contribution in [3.05, 3.63) is 58.4 Å². The van der Waals surface area contributed by atoms with Gasteiger partial charge in [-0.05, 0) is 67.2 Å². The van der Waals surface area contributed by atoms with Crippen LogP contribution in [-0.2, 0) is 6.54 Å². The molecule has 1 aliphatic heterocycles. The summed E-state index contributed by atoms with van der Waals surface area (Å²) in [5.74, 6) is 0.825. The first-order chi connectivity index (χ1) is 11.1. The van der Waals surface area contributed by atoms with E-state index in [2.05, 4.69) is 22.9 Å². The number of aromatic nitrogens is 1. The summed E-state index contributed by atoms with van der Waals surface area (Å²) >= 11 is 0. The van der Waals surface area contributed by atoms with E-state index >= 15 is 0 Å². The monoisotopic (exact) mass is 311 g/mol. The number of nitro groups is 1. The summed E-state index contributed by atoms with van der Waals surface area (Å²) in [6.07, 6.45) is 4.32. The molecule has 0 spiro atoms. The second-order valence-electron chi connectivity index (χ2n) is 6.30. The molecular weight excluding hydrogens is 290 g/mol. The van der Waals surface area contributed by atoms with Crippen molar-refractivity contribution >= 4 is 5.69 Å². The minimum absolute atomic E-state index is 0.116. The van der Waals surface area contributed by atoms with Crippen molar-refractivity contribution in [1.29, 1.82) is 0 Å². The average molecular weight is 311 g/mol. The van der Waals surface area contributed by atoms with Crippen LogP contribution in [0.2, 0.25) is 0 Å².